The third kappa shape index (κ3) is 5.92. The van der Waals surface area contributed by atoms with Crippen LogP contribution in [0.5, 0.6) is 0 Å². The molecule has 2 saturated heterocycles. The Hall–Kier alpha value is -2.18. The van der Waals surface area contributed by atoms with Gasteiger partial charge < -0.3 is 10.2 Å². The molecule has 1 N–H and O–H groups in total. The summed E-state index contributed by atoms with van der Waals surface area (Å²) < 4.78 is 1.86. The second-order valence-corrected chi connectivity index (χ2v) is 8.70. The van der Waals surface area contributed by atoms with Crippen LogP contribution >= 0.6 is 0 Å². The van der Waals surface area contributed by atoms with Crippen LogP contribution in [0, 0.1) is 5.92 Å². The quantitative estimate of drug-likeness (QED) is 0.728. The molecule has 1 amide bonds. The lowest BCUT2D eigenvalue weighted by atomic mass is 9.93. The number of carbonyl (C=O) groups excluding carboxylic acids is 1. The summed E-state index contributed by atoms with van der Waals surface area (Å²) >= 11 is 0. The Labute approximate surface area is 180 Å². The Morgan fingerprint density at radius 1 is 1.03 bits per heavy atom. The van der Waals surface area contributed by atoms with E-state index in [1.807, 2.05) is 16.9 Å². The van der Waals surface area contributed by atoms with Crippen molar-refractivity contribution >= 4 is 5.91 Å². The molecule has 1 atom stereocenters. The number of rotatable bonds is 8. The van der Waals surface area contributed by atoms with Crippen molar-refractivity contribution in [2.45, 2.75) is 44.7 Å². The fraction of sp³-hybridized carbons (Fsp3) is 0.583. The maximum Gasteiger partial charge on any atom is 0.224 e. The molecule has 2 aromatic rings. The fourth-order valence-corrected chi connectivity index (χ4v) is 4.86. The maximum atomic E-state index is 12.7. The van der Waals surface area contributed by atoms with Gasteiger partial charge >= 0.3 is 0 Å². The summed E-state index contributed by atoms with van der Waals surface area (Å²) in [4.78, 5) is 17.8. The molecule has 2 aliphatic rings. The molecule has 0 aliphatic carbocycles. The van der Waals surface area contributed by atoms with Crippen molar-refractivity contribution < 1.29 is 4.79 Å². The van der Waals surface area contributed by atoms with E-state index < -0.39 is 0 Å². The molecule has 0 spiro atoms. The maximum absolute atomic E-state index is 12.7. The van der Waals surface area contributed by atoms with E-state index in [0.29, 0.717) is 12.6 Å². The van der Waals surface area contributed by atoms with Gasteiger partial charge in [0, 0.05) is 38.1 Å². The van der Waals surface area contributed by atoms with Gasteiger partial charge in [0.15, 0.2) is 0 Å². The first-order chi connectivity index (χ1) is 14.8. The molecular weight excluding hydrogens is 374 g/mol. The van der Waals surface area contributed by atoms with E-state index in [-0.39, 0.29) is 11.8 Å². The number of benzene rings is 1. The van der Waals surface area contributed by atoms with E-state index >= 15 is 0 Å². The van der Waals surface area contributed by atoms with E-state index in [1.54, 1.807) is 6.20 Å². The Morgan fingerprint density at radius 2 is 1.87 bits per heavy atom. The van der Waals surface area contributed by atoms with E-state index in [9.17, 15) is 4.79 Å². The van der Waals surface area contributed by atoms with Gasteiger partial charge in [-0.2, -0.15) is 5.10 Å². The fourth-order valence-electron chi connectivity index (χ4n) is 4.86. The zero-order chi connectivity index (χ0) is 20.6. The predicted molar refractivity (Wildman–Crippen MR) is 119 cm³/mol. The van der Waals surface area contributed by atoms with E-state index in [2.05, 4.69) is 50.5 Å². The number of nitrogens with zero attached hydrogens (tertiary/aromatic N) is 4. The summed E-state index contributed by atoms with van der Waals surface area (Å²) in [5.74, 6) is 0.347. The number of hydrogen-bond donors (Lipinski definition) is 1. The molecule has 1 unspecified atom stereocenters. The molecule has 1 aromatic heterocycles. The normalized spacial score (nSPS) is 21.5. The van der Waals surface area contributed by atoms with Crippen molar-refractivity contribution in [2.75, 3.05) is 39.3 Å². The molecule has 0 radical (unpaired) electrons. The third-order valence-electron chi connectivity index (χ3n) is 6.66. The lowest BCUT2D eigenvalue weighted by Crippen LogP contribution is -2.51. The lowest BCUT2D eigenvalue weighted by molar-refractivity contribution is -0.127. The van der Waals surface area contributed by atoms with Gasteiger partial charge in [0.1, 0.15) is 0 Å². The highest BCUT2D eigenvalue weighted by molar-refractivity contribution is 5.78. The van der Waals surface area contributed by atoms with Crippen LogP contribution in [0.3, 0.4) is 0 Å². The summed E-state index contributed by atoms with van der Waals surface area (Å²) in [6.07, 6.45) is 9.43. The van der Waals surface area contributed by atoms with Gasteiger partial charge in [0.2, 0.25) is 5.91 Å². The molecule has 6 nitrogen and oxygen atoms in total. The summed E-state index contributed by atoms with van der Waals surface area (Å²) in [6.45, 7) is 6.95. The average molecular weight is 410 g/mol. The first-order valence-corrected chi connectivity index (χ1v) is 11.5. The Bertz CT molecular complexity index is 755. The third-order valence-corrected chi connectivity index (χ3v) is 6.66. The number of carbonyl (C=O) groups is 1. The van der Waals surface area contributed by atoms with E-state index in [4.69, 9.17) is 0 Å². The van der Waals surface area contributed by atoms with Crippen molar-refractivity contribution in [3.05, 3.63) is 54.4 Å². The van der Waals surface area contributed by atoms with Crippen LogP contribution in [0.4, 0.5) is 0 Å². The molecule has 2 fully saturated rings. The Kier molecular flexibility index (Phi) is 7.54. The van der Waals surface area contributed by atoms with Crippen molar-refractivity contribution in [2.24, 2.45) is 5.92 Å². The average Bonchev–Trinajstić information content (AvgIpc) is 3.32. The smallest absolute Gasteiger partial charge is 0.224 e. The molecule has 6 heteroatoms. The lowest BCUT2D eigenvalue weighted by Gasteiger charge is -2.42. The van der Waals surface area contributed by atoms with Crippen LogP contribution < -0.4 is 5.32 Å². The monoisotopic (exact) mass is 409 g/mol. The first-order valence-electron chi connectivity index (χ1n) is 11.5. The van der Waals surface area contributed by atoms with Crippen molar-refractivity contribution in [3.63, 3.8) is 0 Å². The number of nitrogens with one attached hydrogen (secondary N) is 1. The van der Waals surface area contributed by atoms with Crippen molar-refractivity contribution in [1.29, 1.82) is 0 Å². The summed E-state index contributed by atoms with van der Waals surface area (Å²) in [7, 11) is 0. The Balaban J connectivity index is 1.17. The minimum Gasteiger partial charge on any atom is -0.354 e. The highest BCUT2D eigenvalue weighted by Crippen LogP contribution is 2.24. The Morgan fingerprint density at radius 3 is 2.63 bits per heavy atom. The largest absolute Gasteiger partial charge is 0.354 e. The summed E-state index contributed by atoms with van der Waals surface area (Å²) in [5.41, 5.74) is 1.43. The number of likely N-dealkylation sites (tertiary alicyclic amines) is 2. The molecule has 30 heavy (non-hydrogen) atoms. The second kappa shape index (κ2) is 10.7. The van der Waals surface area contributed by atoms with Crippen molar-refractivity contribution in [3.8, 4) is 0 Å². The number of hydrogen-bond acceptors (Lipinski definition) is 4. The molecular formula is C24H35N5O. The SMILES string of the molecule is O=C(NCCn1cccn1)C1CCCN(C2CCN(CCc3ccccc3)CC2)C1. The van der Waals surface area contributed by atoms with E-state index in [0.717, 1.165) is 45.4 Å². The minimum atomic E-state index is 0.132. The van der Waals surface area contributed by atoms with Gasteiger partial charge in [-0.05, 0) is 63.4 Å². The van der Waals surface area contributed by atoms with Gasteiger partial charge in [0.25, 0.3) is 0 Å². The molecule has 1 aromatic carbocycles. The second-order valence-electron chi connectivity index (χ2n) is 8.70. The first kappa shape index (κ1) is 21.1. The summed E-state index contributed by atoms with van der Waals surface area (Å²) in [6, 6.07) is 13.3. The molecule has 4 rings (SSSR count). The van der Waals surface area contributed by atoms with Gasteiger partial charge in [0.05, 0.1) is 12.5 Å². The van der Waals surface area contributed by atoms with Gasteiger partial charge in [-0.15, -0.1) is 0 Å². The van der Waals surface area contributed by atoms with Crippen LogP contribution in [0.25, 0.3) is 0 Å². The zero-order valence-electron chi connectivity index (χ0n) is 18.0. The van der Waals surface area contributed by atoms with E-state index in [1.165, 1.54) is 31.5 Å². The number of aromatic nitrogens is 2. The van der Waals surface area contributed by atoms with Gasteiger partial charge in [-0.25, -0.2) is 0 Å². The predicted octanol–water partition coefficient (Wildman–Crippen LogP) is 2.42. The zero-order valence-corrected chi connectivity index (χ0v) is 18.0. The van der Waals surface area contributed by atoms with Gasteiger partial charge in [-0.1, -0.05) is 30.3 Å². The highest BCUT2D eigenvalue weighted by Gasteiger charge is 2.31. The van der Waals surface area contributed by atoms with Crippen LogP contribution in [-0.2, 0) is 17.8 Å². The molecule has 0 saturated carbocycles. The van der Waals surface area contributed by atoms with Crippen LogP contribution in [0.15, 0.2) is 48.8 Å². The number of piperidine rings is 2. The standard InChI is InChI=1S/C24H35N5O/c30-24(25-13-19-29-15-5-12-26-29)22-8-4-14-28(20-22)23-10-17-27(18-11-23)16-9-21-6-2-1-3-7-21/h1-3,5-7,12,15,22-23H,4,8-11,13-14,16-20H2,(H,25,30). The minimum absolute atomic E-state index is 0.132. The molecule has 0 bridgehead atoms. The van der Waals surface area contributed by atoms with Crippen molar-refractivity contribution in [1.82, 2.24) is 24.9 Å². The van der Waals surface area contributed by atoms with Crippen LogP contribution in [-0.4, -0.2) is 70.8 Å². The highest BCUT2D eigenvalue weighted by atomic mass is 16.1. The molecule has 162 valence electrons. The molecule has 2 aliphatic heterocycles. The van der Waals surface area contributed by atoms with Gasteiger partial charge in [-0.3, -0.25) is 14.4 Å². The van der Waals surface area contributed by atoms with Crippen LogP contribution in [0.2, 0.25) is 0 Å². The number of amides is 1. The summed E-state index contributed by atoms with van der Waals surface area (Å²) in [5, 5.41) is 7.31. The van der Waals surface area contributed by atoms with Crippen LogP contribution in [0.1, 0.15) is 31.2 Å². The molecule has 3 heterocycles. The topological polar surface area (TPSA) is 53.4 Å².